The summed E-state index contributed by atoms with van der Waals surface area (Å²) in [6, 6.07) is 9.01. The standard InChI is InChI=1S/C20H18N4O5/c1-27-5-6-29-18-8-13-14(10-21-22-16(13)9-17(18)28-2)11-3-4-12-15(7-11)23-24-19(12)20(25)26/h3-4,7-10H,5-6H2,1-2H3,(H,23,24)(H,25,26). The maximum atomic E-state index is 11.3. The minimum Gasteiger partial charge on any atom is -0.493 e. The number of fused-ring (bicyclic) bond motifs is 2. The van der Waals surface area contributed by atoms with Crippen molar-refractivity contribution in [2.24, 2.45) is 0 Å². The fourth-order valence-electron chi connectivity index (χ4n) is 3.15. The lowest BCUT2D eigenvalue weighted by Gasteiger charge is -2.13. The lowest BCUT2D eigenvalue weighted by molar-refractivity contribution is 0.0692. The summed E-state index contributed by atoms with van der Waals surface area (Å²) in [5.74, 6) is 0.0437. The van der Waals surface area contributed by atoms with E-state index in [1.165, 1.54) is 0 Å². The monoisotopic (exact) mass is 394 g/mol. The quantitative estimate of drug-likeness (QED) is 0.459. The number of hydrogen-bond acceptors (Lipinski definition) is 7. The van der Waals surface area contributed by atoms with E-state index in [2.05, 4.69) is 20.4 Å². The predicted molar refractivity (Wildman–Crippen MR) is 106 cm³/mol. The number of aromatic amines is 1. The maximum absolute atomic E-state index is 11.3. The first-order chi connectivity index (χ1) is 14.1. The summed E-state index contributed by atoms with van der Waals surface area (Å²) in [5, 5.41) is 25.5. The van der Waals surface area contributed by atoms with Gasteiger partial charge in [-0.25, -0.2) is 4.79 Å². The number of carbonyl (C=O) groups is 1. The summed E-state index contributed by atoms with van der Waals surface area (Å²) in [6.07, 6.45) is 1.66. The Morgan fingerprint density at radius 3 is 2.72 bits per heavy atom. The molecule has 29 heavy (non-hydrogen) atoms. The van der Waals surface area contributed by atoms with Crippen LogP contribution < -0.4 is 9.47 Å². The van der Waals surface area contributed by atoms with Crippen LogP contribution >= 0.6 is 0 Å². The van der Waals surface area contributed by atoms with Crippen LogP contribution in [-0.4, -0.2) is 58.9 Å². The molecule has 4 rings (SSSR count). The van der Waals surface area contributed by atoms with Gasteiger partial charge in [-0.05, 0) is 23.8 Å². The summed E-state index contributed by atoms with van der Waals surface area (Å²) < 4.78 is 16.2. The van der Waals surface area contributed by atoms with Crippen molar-refractivity contribution in [1.29, 1.82) is 0 Å². The lowest BCUT2D eigenvalue weighted by Crippen LogP contribution is -2.05. The fraction of sp³-hybridized carbons (Fsp3) is 0.200. The number of ether oxygens (including phenoxy) is 3. The Labute approximate surface area is 165 Å². The molecule has 2 aromatic heterocycles. The third-order valence-electron chi connectivity index (χ3n) is 4.55. The molecule has 0 amide bonds. The van der Waals surface area contributed by atoms with E-state index in [1.54, 1.807) is 32.5 Å². The zero-order valence-electron chi connectivity index (χ0n) is 15.8. The Bertz CT molecular complexity index is 1200. The smallest absolute Gasteiger partial charge is 0.357 e. The number of aromatic nitrogens is 4. The third kappa shape index (κ3) is 3.43. The van der Waals surface area contributed by atoms with Crippen molar-refractivity contribution in [1.82, 2.24) is 20.4 Å². The van der Waals surface area contributed by atoms with Crippen LogP contribution in [0.3, 0.4) is 0 Å². The maximum Gasteiger partial charge on any atom is 0.357 e. The number of H-pyrrole nitrogens is 1. The van der Waals surface area contributed by atoms with E-state index >= 15 is 0 Å². The van der Waals surface area contributed by atoms with E-state index in [0.29, 0.717) is 41.1 Å². The number of rotatable bonds is 7. The molecule has 0 aliphatic rings. The van der Waals surface area contributed by atoms with Crippen LogP contribution in [0.5, 0.6) is 11.5 Å². The molecule has 2 heterocycles. The fourth-order valence-corrected chi connectivity index (χ4v) is 3.15. The van der Waals surface area contributed by atoms with Gasteiger partial charge in [-0.3, -0.25) is 5.10 Å². The Morgan fingerprint density at radius 2 is 1.97 bits per heavy atom. The van der Waals surface area contributed by atoms with Crippen LogP contribution in [0, 0.1) is 0 Å². The topological polar surface area (TPSA) is 119 Å². The van der Waals surface area contributed by atoms with Crippen molar-refractivity contribution >= 4 is 27.8 Å². The highest BCUT2D eigenvalue weighted by Crippen LogP contribution is 2.36. The van der Waals surface area contributed by atoms with Gasteiger partial charge in [-0.1, -0.05) is 6.07 Å². The van der Waals surface area contributed by atoms with Crippen molar-refractivity contribution < 1.29 is 24.1 Å². The number of hydrogen-bond donors (Lipinski definition) is 2. The molecular weight excluding hydrogens is 376 g/mol. The minimum absolute atomic E-state index is 0.0113. The van der Waals surface area contributed by atoms with Gasteiger partial charge in [-0.2, -0.15) is 15.3 Å². The first-order valence-corrected chi connectivity index (χ1v) is 8.79. The van der Waals surface area contributed by atoms with E-state index in [1.807, 2.05) is 18.2 Å². The zero-order valence-corrected chi connectivity index (χ0v) is 15.8. The van der Waals surface area contributed by atoms with Crippen LogP contribution in [0.25, 0.3) is 32.9 Å². The van der Waals surface area contributed by atoms with Gasteiger partial charge in [0.15, 0.2) is 17.2 Å². The molecule has 0 saturated heterocycles. The van der Waals surface area contributed by atoms with Crippen molar-refractivity contribution in [2.45, 2.75) is 0 Å². The third-order valence-corrected chi connectivity index (χ3v) is 4.55. The SMILES string of the molecule is COCCOc1cc2c(-c3ccc4c(C(=O)O)n[nH]c4c3)cnnc2cc1OC. The van der Waals surface area contributed by atoms with E-state index in [4.69, 9.17) is 14.2 Å². The second-order valence-electron chi connectivity index (χ2n) is 6.26. The molecule has 0 atom stereocenters. The predicted octanol–water partition coefficient (Wildman–Crippen LogP) is 2.91. The number of nitrogens with zero attached hydrogens (tertiary/aromatic N) is 3. The minimum atomic E-state index is -1.08. The molecule has 9 heteroatoms. The number of benzene rings is 2. The van der Waals surface area contributed by atoms with Crippen LogP contribution in [0.2, 0.25) is 0 Å². The van der Waals surface area contributed by atoms with Crippen molar-refractivity contribution in [3.05, 3.63) is 42.2 Å². The molecule has 148 valence electrons. The van der Waals surface area contributed by atoms with E-state index in [-0.39, 0.29) is 5.69 Å². The molecule has 4 aromatic rings. The summed E-state index contributed by atoms with van der Waals surface area (Å²) in [6.45, 7) is 0.829. The summed E-state index contributed by atoms with van der Waals surface area (Å²) in [7, 11) is 3.17. The molecule has 9 nitrogen and oxygen atoms in total. The summed E-state index contributed by atoms with van der Waals surface area (Å²) in [5.41, 5.74) is 2.92. The average Bonchev–Trinajstić information content (AvgIpc) is 3.16. The van der Waals surface area contributed by atoms with Crippen molar-refractivity contribution in [3.63, 3.8) is 0 Å². The molecule has 0 spiro atoms. The van der Waals surface area contributed by atoms with Crippen LogP contribution in [0.15, 0.2) is 36.5 Å². The van der Waals surface area contributed by atoms with Crippen LogP contribution in [-0.2, 0) is 4.74 Å². The highest BCUT2D eigenvalue weighted by Gasteiger charge is 2.16. The second kappa shape index (κ2) is 7.72. The molecule has 0 bridgehead atoms. The normalized spacial score (nSPS) is 11.1. The number of aromatic carboxylic acids is 1. The lowest BCUT2D eigenvalue weighted by atomic mass is 10.0. The Hall–Kier alpha value is -3.72. The van der Waals surface area contributed by atoms with Crippen molar-refractivity contribution in [2.75, 3.05) is 27.4 Å². The molecular formula is C20H18N4O5. The van der Waals surface area contributed by atoms with Gasteiger partial charge in [0.05, 0.1) is 30.9 Å². The van der Waals surface area contributed by atoms with Gasteiger partial charge in [0.2, 0.25) is 0 Å². The summed E-state index contributed by atoms with van der Waals surface area (Å²) in [4.78, 5) is 11.3. The number of carboxylic acids is 1. The Kier molecular flexibility index (Phi) is 4.96. The number of nitrogens with one attached hydrogen (secondary N) is 1. The van der Waals surface area contributed by atoms with Gasteiger partial charge in [0.25, 0.3) is 0 Å². The molecule has 0 saturated carbocycles. The molecule has 0 aliphatic heterocycles. The van der Waals surface area contributed by atoms with Gasteiger partial charge in [0, 0.05) is 29.5 Å². The van der Waals surface area contributed by atoms with Gasteiger partial charge >= 0.3 is 5.97 Å². The largest absolute Gasteiger partial charge is 0.493 e. The average molecular weight is 394 g/mol. The van der Waals surface area contributed by atoms with Crippen molar-refractivity contribution in [3.8, 4) is 22.6 Å². The number of carboxylic acid groups (broad SMARTS) is 1. The first-order valence-electron chi connectivity index (χ1n) is 8.79. The van der Waals surface area contributed by atoms with Crippen LogP contribution in [0.1, 0.15) is 10.5 Å². The molecule has 0 unspecified atom stereocenters. The second-order valence-corrected chi connectivity index (χ2v) is 6.26. The first kappa shape index (κ1) is 18.6. The molecule has 0 fully saturated rings. The van der Waals surface area contributed by atoms with E-state index in [0.717, 1.165) is 16.5 Å². The molecule has 0 aliphatic carbocycles. The van der Waals surface area contributed by atoms with Gasteiger partial charge in [0.1, 0.15) is 6.61 Å². The van der Waals surface area contributed by atoms with Gasteiger partial charge in [-0.15, -0.1) is 0 Å². The number of methoxy groups -OCH3 is 2. The highest BCUT2D eigenvalue weighted by molar-refractivity contribution is 6.03. The molecule has 2 aromatic carbocycles. The molecule has 2 N–H and O–H groups in total. The zero-order chi connectivity index (χ0) is 20.4. The van der Waals surface area contributed by atoms with Crippen LogP contribution in [0.4, 0.5) is 0 Å². The highest BCUT2D eigenvalue weighted by atomic mass is 16.5. The van der Waals surface area contributed by atoms with E-state index in [9.17, 15) is 9.90 Å². The van der Waals surface area contributed by atoms with Gasteiger partial charge < -0.3 is 19.3 Å². The Balaban J connectivity index is 1.83. The van der Waals surface area contributed by atoms with E-state index < -0.39 is 5.97 Å². The molecule has 0 radical (unpaired) electrons. The summed E-state index contributed by atoms with van der Waals surface area (Å²) >= 11 is 0. The Morgan fingerprint density at radius 1 is 1.10 bits per heavy atom.